The highest BCUT2D eigenvalue weighted by Crippen LogP contribution is 2.34. The first-order valence-electron chi connectivity index (χ1n) is 8.86. The third kappa shape index (κ3) is 4.93. The third-order valence-electron chi connectivity index (χ3n) is 4.43. The molecule has 0 aliphatic heterocycles. The second-order valence-corrected chi connectivity index (χ2v) is 8.26. The quantitative estimate of drug-likeness (QED) is 0.355. The summed E-state index contributed by atoms with van der Waals surface area (Å²) in [6.07, 6.45) is 1.47. The van der Waals surface area contributed by atoms with Crippen LogP contribution in [0.3, 0.4) is 0 Å². The Bertz CT molecular complexity index is 979. The summed E-state index contributed by atoms with van der Waals surface area (Å²) in [6.45, 7) is 9.35. The molecule has 0 bridgehead atoms. The second kappa shape index (κ2) is 9.54. The summed E-state index contributed by atoms with van der Waals surface area (Å²) < 4.78 is 38.1. The van der Waals surface area contributed by atoms with Crippen LogP contribution in [0.1, 0.15) is 17.2 Å². The maximum absolute atomic E-state index is 13.4. The van der Waals surface area contributed by atoms with E-state index in [0.29, 0.717) is 11.3 Å². The topological polar surface area (TPSA) is 72.9 Å². The van der Waals surface area contributed by atoms with Crippen molar-refractivity contribution < 1.29 is 22.7 Å². The first-order chi connectivity index (χ1) is 13.8. The molecule has 6 nitrogen and oxygen atoms in total. The number of aryl methyl sites for hydroxylation is 1. The molecule has 2 aromatic rings. The van der Waals surface area contributed by atoms with E-state index < -0.39 is 22.0 Å². The number of sulfonamides is 1. The molecule has 0 aliphatic carbocycles. The Hall–Kier alpha value is -2.90. The Morgan fingerprint density at radius 3 is 2.17 bits per heavy atom. The first-order valence-corrected chi connectivity index (χ1v) is 10.3. The standard InChI is InChI=1S/C22H25NO5S/c1-6-15-23(29(25,26)20-13-7-16(2)8-14-20)21(17(3)22(24)28-5)18-9-11-19(27-4)12-10-18/h6-14,21H,1,3,15H2,2,4-5H3. The Balaban J connectivity index is 2.64. The van der Waals surface area contributed by atoms with Gasteiger partial charge in [0.1, 0.15) is 5.75 Å². The van der Waals surface area contributed by atoms with Gasteiger partial charge in [-0.2, -0.15) is 4.31 Å². The molecule has 0 fully saturated rings. The van der Waals surface area contributed by atoms with E-state index in [-0.39, 0.29) is 17.0 Å². The smallest absolute Gasteiger partial charge is 0.335 e. The minimum absolute atomic E-state index is 0.00444. The molecule has 7 heteroatoms. The number of rotatable bonds is 9. The van der Waals surface area contributed by atoms with E-state index in [1.807, 2.05) is 6.92 Å². The molecule has 1 unspecified atom stereocenters. The van der Waals surface area contributed by atoms with E-state index in [0.717, 1.165) is 5.56 Å². The largest absolute Gasteiger partial charge is 0.497 e. The number of nitrogens with zero attached hydrogens (tertiary/aromatic N) is 1. The highest BCUT2D eigenvalue weighted by molar-refractivity contribution is 7.89. The number of methoxy groups -OCH3 is 2. The van der Waals surface area contributed by atoms with Crippen molar-refractivity contribution in [2.45, 2.75) is 17.9 Å². The zero-order chi connectivity index (χ0) is 21.6. The number of carbonyl (C=O) groups excluding carboxylic acids is 1. The van der Waals surface area contributed by atoms with Crippen molar-refractivity contribution >= 4 is 16.0 Å². The molecule has 0 N–H and O–H groups in total. The molecule has 2 aromatic carbocycles. The predicted molar refractivity (Wildman–Crippen MR) is 112 cm³/mol. The van der Waals surface area contributed by atoms with E-state index in [1.54, 1.807) is 36.4 Å². The summed E-state index contributed by atoms with van der Waals surface area (Å²) in [6, 6.07) is 12.3. The third-order valence-corrected chi connectivity index (χ3v) is 6.28. The van der Waals surface area contributed by atoms with Crippen molar-refractivity contribution in [3.05, 3.63) is 84.5 Å². The fraction of sp³-hybridized carbons (Fsp3) is 0.227. The fourth-order valence-corrected chi connectivity index (χ4v) is 4.46. The van der Waals surface area contributed by atoms with Gasteiger partial charge in [0.05, 0.1) is 30.7 Å². The number of esters is 1. The minimum atomic E-state index is -3.97. The van der Waals surface area contributed by atoms with E-state index in [9.17, 15) is 13.2 Å². The molecular formula is C22H25NO5S. The van der Waals surface area contributed by atoms with Crippen LogP contribution in [0.5, 0.6) is 5.75 Å². The maximum atomic E-state index is 13.4. The van der Waals surface area contributed by atoms with Gasteiger partial charge in [0.25, 0.3) is 0 Å². The molecule has 0 saturated heterocycles. The van der Waals surface area contributed by atoms with Gasteiger partial charge < -0.3 is 9.47 Å². The highest BCUT2D eigenvalue weighted by Gasteiger charge is 2.36. The molecule has 2 rings (SSSR count). The average Bonchev–Trinajstić information content (AvgIpc) is 2.73. The summed E-state index contributed by atoms with van der Waals surface area (Å²) in [4.78, 5) is 12.4. The van der Waals surface area contributed by atoms with Crippen molar-refractivity contribution in [1.82, 2.24) is 4.31 Å². The predicted octanol–water partition coefficient (Wildman–Crippen LogP) is 3.65. The lowest BCUT2D eigenvalue weighted by Gasteiger charge is -2.31. The van der Waals surface area contributed by atoms with Gasteiger partial charge in [-0.15, -0.1) is 6.58 Å². The summed E-state index contributed by atoms with van der Waals surface area (Å²) in [5.41, 5.74) is 1.49. The number of ether oxygens (including phenoxy) is 2. The van der Waals surface area contributed by atoms with Gasteiger partial charge in [-0.25, -0.2) is 13.2 Å². The number of benzene rings is 2. The second-order valence-electron chi connectivity index (χ2n) is 6.37. The normalized spacial score (nSPS) is 12.3. The molecular weight excluding hydrogens is 390 g/mol. The highest BCUT2D eigenvalue weighted by atomic mass is 32.2. The SMILES string of the molecule is C=CCN(C(C(=C)C(=O)OC)c1ccc(OC)cc1)S(=O)(=O)c1ccc(C)cc1. The van der Waals surface area contributed by atoms with Gasteiger partial charge in [0.2, 0.25) is 10.0 Å². The van der Waals surface area contributed by atoms with Crippen molar-refractivity contribution in [2.75, 3.05) is 20.8 Å². The monoisotopic (exact) mass is 415 g/mol. The summed E-state index contributed by atoms with van der Waals surface area (Å²) in [5, 5.41) is 0. The Morgan fingerprint density at radius 2 is 1.69 bits per heavy atom. The van der Waals surface area contributed by atoms with Crippen molar-refractivity contribution in [3.63, 3.8) is 0 Å². The molecule has 0 spiro atoms. The van der Waals surface area contributed by atoms with Gasteiger partial charge in [0, 0.05) is 6.54 Å². The summed E-state index contributed by atoms with van der Waals surface area (Å²) >= 11 is 0. The number of hydrogen-bond acceptors (Lipinski definition) is 5. The molecule has 0 saturated carbocycles. The van der Waals surface area contributed by atoms with Crippen molar-refractivity contribution in [1.29, 1.82) is 0 Å². The van der Waals surface area contributed by atoms with Gasteiger partial charge in [-0.05, 0) is 36.8 Å². The fourth-order valence-electron chi connectivity index (χ4n) is 2.89. The number of hydrogen-bond donors (Lipinski definition) is 0. The van der Waals surface area contributed by atoms with Crippen LogP contribution in [0.25, 0.3) is 0 Å². The van der Waals surface area contributed by atoms with E-state index in [2.05, 4.69) is 13.2 Å². The minimum Gasteiger partial charge on any atom is -0.497 e. The molecule has 0 aromatic heterocycles. The Labute approximate surface area is 172 Å². The van der Waals surface area contributed by atoms with Gasteiger partial charge in [-0.1, -0.05) is 42.5 Å². The van der Waals surface area contributed by atoms with Crippen molar-refractivity contribution in [3.8, 4) is 5.75 Å². The van der Waals surface area contributed by atoms with E-state index in [4.69, 9.17) is 9.47 Å². The molecule has 154 valence electrons. The Kier molecular flexibility index (Phi) is 7.36. The van der Waals surface area contributed by atoms with Crippen LogP contribution >= 0.6 is 0 Å². The van der Waals surface area contributed by atoms with E-state index in [1.165, 1.54) is 36.7 Å². The summed E-state index contributed by atoms with van der Waals surface area (Å²) in [7, 11) is -1.21. The van der Waals surface area contributed by atoms with Gasteiger partial charge in [-0.3, -0.25) is 0 Å². The molecule has 29 heavy (non-hydrogen) atoms. The number of carbonyl (C=O) groups is 1. The van der Waals surface area contributed by atoms with Crippen LogP contribution in [0.2, 0.25) is 0 Å². The summed E-state index contributed by atoms with van der Waals surface area (Å²) in [5.74, 6) is -0.0909. The molecule has 0 radical (unpaired) electrons. The van der Waals surface area contributed by atoms with E-state index >= 15 is 0 Å². The molecule has 1 atom stereocenters. The van der Waals surface area contributed by atoms with Crippen LogP contribution in [0.15, 0.2) is 78.2 Å². The lowest BCUT2D eigenvalue weighted by Crippen LogP contribution is -2.37. The van der Waals surface area contributed by atoms with Crippen LogP contribution in [-0.2, 0) is 19.6 Å². The lowest BCUT2D eigenvalue weighted by atomic mass is 9.99. The maximum Gasteiger partial charge on any atom is 0.335 e. The lowest BCUT2D eigenvalue weighted by molar-refractivity contribution is -0.136. The zero-order valence-electron chi connectivity index (χ0n) is 16.8. The first kappa shape index (κ1) is 22.4. The Morgan fingerprint density at radius 1 is 1.10 bits per heavy atom. The molecule has 0 aliphatic rings. The zero-order valence-corrected chi connectivity index (χ0v) is 17.6. The van der Waals surface area contributed by atoms with Crippen LogP contribution in [0.4, 0.5) is 0 Å². The van der Waals surface area contributed by atoms with Crippen molar-refractivity contribution in [2.24, 2.45) is 0 Å². The average molecular weight is 416 g/mol. The van der Waals surface area contributed by atoms with Gasteiger partial charge >= 0.3 is 5.97 Å². The molecule has 0 amide bonds. The molecule has 0 heterocycles. The van der Waals surface area contributed by atoms with Crippen LogP contribution in [0, 0.1) is 6.92 Å². The van der Waals surface area contributed by atoms with Crippen LogP contribution < -0.4 is 4.74 Å². The van der Waals surface area contributed by atoms with Crippen LogP contribution in [-0.4, -0.2) is 39.5 Å². The van der Waals surface area contributed by atoms with Gasteiger partial charge in [0.15, 0.2) is 0 Å².